The molecule has 118 valence electrons. The number of carbonyl (C=O) groups is 1. The van der Waals surface area contributed by atoms with Gasteiger partial charge in [0.25, 0.3) is 5.91 Å². The second kappa shape index (κ2) is 6.09. The van der Waals surface area contributed by atoms with Crippen molar-refractivity contribution in [2.75, 3.05) is 5.43 Å². The highest BCUT2D eigenvalue weighted by atomic mass is 32.1. The van der Waals surface area contributed by atoms with Crippen molar-refractivity contribution in [1.82, 2.24) is 24.7 Å². The van der Waals surface area contributed by atoms with Gasteiger partial charge in [0.1, 0.15) is 24.0 Å². The first-order valence-electron chi connectivity index (χ1n) is 7.16. The zero-order chi connectivity index (χ0) is 16.4. The van der Waals surface area contributed by atoms with Crippen molar-refractivity contribution in [3.05, 3.63) is 72.3 Å². The van der Waals surface area contributed by atoms with Crippen LogP contribution in [0.5, 0.6) is 0 Å². The van der Waals surface area contributed by atoms with Crippen LogP contribution in [0.4, 0.5) is 0 Å². The van der Waals surface area contributed by atoms with Crippen molar-refractivity contribution in [2.45, 2.75) is 0 Å². The quantitative estimate of drug-likeness (QED) is 0.621. The molecule has 0 saturated heterocycles. The predicted molar refractivity (Wildman–Crippen MR) is 90.6 cm³/mol. The Hall–Kier alpha value is -3.26. The standard InChI is InChI=1S/C16H12N6OS/c23-16(20-21-10-17-18-11-21)14-9-13(15-7-4-8-24-15)19-22(14)12-5-2-1-3-6-12/h1-11H,(H,20,23). The molecule has 0 fully saturated rings. The molecule has 0 saturated carbocycles. The van der Waals surface area contributed by atoms with Crippen LogP contribution in [0.3, 0.4) is 0 Å². The molecule has 24 heavy (non-hydrogen) atoms. The van der Waals surface area contributed by atoms with Crippen LogP contribution in [0.1, 0.15) is 10.5 Å². The lowest BCUT2D eigenvalue weighted by Crippen LogP contribution is -2.24. The second-order valence-corrected chi connectivity index (χ2v) is 5.90. The summed E-state index contributed by atoms with van der Waals surface area (Å²) in [7, 11) is 0. The Labute approximate surface area is 141 Å². The molecule has 0 bridgehead atoms. The van der Waals surface area contributed by atoms with E-state index in [-0.39, 0.29) is 5.91 Å². The fourth-order valence-electron chi connectivity index (χ4n) is 2.29. The third-order valence-corrected chi connectivity index (χ3v) is 4.26. The zero-order valence-corrected chi connectivity index (χ0v) is 13.2. The molecule has 3 aromatic heterocycles. The van der Waals surface area contributed by atoms with Crippen molar-refractivity contribution in [3.63, 3.8) is 0 Å². The monoisotopic (exact) mass is 336 g/mol. The summed E-state index contributed by atoms with van der Waals surface area (Å²) in [5.74, 6) is -0.297. The zero-order valence-electron chi connectivity index (χ0n) is 12.4. The molecule has 1 N–H and O–H groups in total. The van der Waals surface area contributed by atoms with Crippen LogP contribution < -0.4 is 5.43 Å². The normalized spacial score (nSPS) is 10.7. The predicted octanol–water partition coefficient (Wildman–Crippen LogP) is 2.58. The lowest BCUT2D eigenvalue weighted by Gasteiger charge is -2.07. The molecule has 0 unspecified atom stereocenters. The maximum Gasteiger partial charge on any atom is 0.288 e. The highest BCUT2D eigenvalue weighted by Crippen LogP contribution is 2.25. The molecule has 7 nitrogen and oxygen atoms in total. The molecule has 8 heteroatoms. The number of hydrogen-bond acceptors (Lipinski definition) is 5. The summed E-state index contributed by atoms with van der Waals surface area (Å²) in [6, 6.07) is 15.2. The maximum absolute atomic E-state index is 12.6. The van der Waals surface area contributed by atoms with Crippen LogP contribution in [0.15, 0.2) is 66.6 Å². The first kappa shape index (κ1) is 14.3. The third-order valence-electron chi connectivity index (χ3n) is 3.37. The minimum absolute atomic E-state index is 0.297. The number of hydrogen-bond donors (Lipinski definition) is 1. The number of carbonyl (C=O) groups excluding carboxylic acids is 1. The Bertz CT molecular complexity index is 944. The van der Waals surface area contributed by atoms with Gasteiger partial charge in [-0.2, -0.15) is 5.10 Å². The topological polar surface area (TPSA) is 77.6 Å². The minimum atomic E-state index is -0.297. The first-order chi connectivity index (χ1) is 11.8. The molecule has 1 amide bonds. The number of rotatable bonds is 4. The lowest BCUT2D eigenvalue weighted by molar-refractivity contribution is 0.1000. The van der Waals surface area contributed by atoms with Gasteiger partial charge in [0.15, 0.2) is 0 Å². The van der Waals surface area contributed by atoms with Crippen LogP contribution >= 0.6 is 11.3 Å². The molecule has 4 rings (SSSR count). The molecular formula is C16H12N6OS. The van der Waals surface area contributed by atoms with Crippen LogP contribution in [0.25, 0.3) is 16.3 Å². The van der Waals surface area contributed by atoms with Gasteiger partial charge in [0.05, 0.1) is 10.6 Å². The van der Waals surface area contributed by atoms with E-state index in [1.165, 1.54) is 17.3 Å². The van der Waals surface area contributed by atoms with Crippen LogP contribution in [0.2, 0.25) is 0 Å². The average molecular weight is 336 g/mol. The third kappa shape index (κ3) is 2.70. The Morgan fingerprint density at radius 3 is 2.54 bits per heavy atom. The molecule has 0 atom stereocenters. The SMILES string of the molecule is O=C(Nn1cnnc1)c1cc(-c2cccs2)nn1-c1ccccc1. The number of para-hydroxylation sites is 1. The molecule has 0 aliphatic rings. The Morgan fingerprint density at radius 2 is 1.83 bits per heavy atom. The highest BCUT2D eigenvalue weighted by molar-refractivity contribution is 7.13. The molecule has 3 heterocycles. The van der Waals surface area contributed by atoms with Gasteiger partial charge >= 0.3 is 0 Å². The van der Waals surface area contributed by atoms with Crippen molar-refractivity contribution >= 4 is 17.2 Å². The van der Waals surface area contributed by atoms with E-state index >= 15 is 0 Å². The van der Waals surface area contributed by atoms with Gasteiger partial charge < -0.3 is 0 Å². The minimum Gasteiger partial charge on any atom is -0.266 e. The maximum atomic E-state index is 12.6. The van der Waals surface area contributed by atoms with Crippen molar-refractivity contribution < 1.29 is 4.79 Å². The summed E-state index contributed by atoms with van der Waals surface area (Å²) < 4.78 is 3.03. The Balaban J connectivity index is 1.77. The fraction of sp³-hybridized carbons (Fsp3) is 0. The summed E-state index contributed by atoms with van der Waals surface area (Å²) in [5.41, 5.74) is 4.70. The van der Waals surface area contributed by atoms with Gasteiger partial charge in [-0.3, -0.25) is 10.2 Å². The number of nitrogens with zero attached hydrogens (tertiary/aromatic N) is 5. The highest BCUT2D eigenvalue weighted by Gasteiger charge is 2.18. The Morgan fingerprint density at radius 1 is 1.04 bits per heavy atom. The smallest absolute Gasteiger partial charge is 0.266 e. The van der Waals surface area contributed by atoms with E-state index in [1.807, 2.05) is 47.8 Å². The van der Waals surface area contributed by atoms with Gasteiger partial charge in [0, 0.05) is 0 Å². The summed E-state index contributed by atoms with van der Waals surface area (Å²) in [6.07, 6.45) is 2.84. The summed E-state index contributed by atoms with van der Waals surface area (Å²) in [6.45, 7) is 0. The Kier molecular flexibility index (Phi) is 3.64. The van der Waals surface area contributed by atoms with Crippen LogP contribution in [-0.4, -0.2) is 30.6 Å². The van der Waals surface area contributed by atoms with Crippen molar-refractivity contribution in [2.24, 2.45) is 0 Å². The molecule has 4 aromatic rings. The molecule has 0 spiro atoms. The molecule has 0 aliphatic heterocycles. The second-order valence-electron chi connectivity index (χ2n) is 4.95. The van der Waals surface area contributed by atoms with E-state index in [1.54, 1.807) is 22.1 Å². The number of thiophene rings is 1. The van der Waals surface area contributed by atoms with Crippen molar-refractivity contribution in [3.8, 4) is 16.3 Å². The summed E-state index contributed by atoms with van der Waals surface area (Å²) in [4.78, 5) is 13.6. The van der Waals surface area contributed by atoms with E-state index in [4.69, 9.17) is 0 Å². The van der Waals surface area contributed by atoms with Crippen LogP contribution in [0, 0.1) is 0 Å². The average Bonchev–Trinajstić information content (AvgIpc) is 3.36. The van der Waals surface area contributed by atoms with E-state index in [0.717, 1.165) is 16.3 Å². The van der Waals surface area contributed by atoms with Crippen molar-refractivity contribution in [1.29, 1.82) is 0 Å². The van der Waals surface area contributed by atoms with Gasteiger partial charge in [0.2, 0.25) is 0 Å². The van der Waals surface area contributed by atoms with Gasteiger partial charge in [-0.05, 0) is 29.6 Å². The fourth-order valence-corrected chi connectivity index (χ4v) is 2.97. The number of aromatic nitrogens is 5. The molecular weight excluding hydrogens is 324 g/mol. The van der Waals surface area contributed by atoms with E-state index in [2.05, 4.69) is 20.7 Å². The van der Waals surface area contributed by atoms with E-state index in [9.17, 15) is 4.79 Å². The largest absolute Gasteiger partial charge is 0.288 e. The van der Waals surface area contributed by atoms with Gasteiger partial charge in [-0.1, -0.05) is 24.3 Å². The van der Waals surface area contributed by atoms with E-state index in [0.29, 0.717) is 5.69 Å². The molecule has 0 radical (unpaired) electrons. The van der Waals surface area contributed by atoms with Gasteiger partial charge in [-0.15, -0.1) is 21.5 Å². The lowest BCUT2D eigenvalue weighted by atomic mass is 10.3. The molecule has 0 aliphatic carbocycles. The van der Waals surface area contributed by atoms with E-state index < -0.39 is 0 Å². The van der Waals surface area contributed by atoms with Gasteiger partial charge in [-0.25, -0.2) is 9.36 Å². The van der Waals surface area contributed by atoms with Crippen LogP contribution in [-0.2, 0) is 0 Å². The number of amides is 1. The number of nitrogens with one attached hydrogen (secondary N) is 1. The first-order valence-corrected chi connectivity index (χ1v) is 8.04. The summed E-state index contributed by atoms with van der Waals surface area (Å²) in [5, 5.41) is 13.9. The molecule has 1 aromatic carbocycles. The summed E-state index contributed by atoms with van der Waals surface area (Å²) >= 11 is 1.58. The number of benzene rings is 1.